The summed E-state index contributed by atoms with van der Waals surface area (Å²) in [6.45, 7) is 25.8. The normalized spacial score (nSPS) is 43.7. The fraction of sp³-hybridized carbons (Fsp3) is 0.936. The van der Waals surface area contributed by atoms with E-state index in [1.807, 2.05) is 60.7 Å². The maximum absolute atomic E-state index is 14.8. The summed E-state index contributed by atoms with van der Waals surface area (Å²) in [7, 11) is 8.85. The molecule has 0 aromatic carbocycles. The molecular weight excluding hydrogens is 843 g/mol. The van der Waals surface area contributed by atoms with Crippen LogP contribution in [0.5, 0.6) is 0 Å². The summed E-state index contributed by atoms with van der Waals surface area (Å²) in [5.41, 5.74) is -5.42. The zero-order valence-electron chi connectivity index (χ0n) is 42.7. The lowest BCUT2D eigenvalue weighted by Gasteiger charge is -2.54. The molecule has 4 rings (SSSR count). The van der Waals surface area contributed by atoms with Gasteiger partial charge in [-0.3, -0.25) is 9.59 Å². The zero-order chi connectivity index (χ0) is 49.1. The molecule has 4 fully saturated rings. The number of likely N-dealkylation sites (N-methyl/N-ethyl adjacent to an activating group) is 3. The van der Waals surface area contributed by atoms with E-state index in [1.54, 1.807) is 41.7 Å². The van der Waals surface area contributed by atoms with E-state index >= 15 is 0 Å². The van der Waals surface area contributed by atoms with Crippen LogP contribution < -0.4 is 5.84 Å². The summed E-state index contributed by atoms with van der Waals surface area (Å²) in [5, 5.41) is 25.3. The molecule has 4 aliphatic rings. The van der Waals surface area contributed by atoms with E-state index in [1.165, 1.54) is 7.11 Å². The number of ketones is 1. The van der Waals surface area contributed by atoms with Crippen molar-refractivity contribution in [3.63, 3.8) is 0 Å². The molecule has 0 radical (unpaired) electrons. The van der Waals surface area contributed by atoms with Gasteiger partial charge in [0.1, 0.15) is 35.2 Å². The third-order valence-electron chi connectivity index (χ3n) is 15.7. The molecule has 0 unspecified atom stereocenters. The lowest BCUT2D eigenvalue weighted by molar-refractivity contribution is -0.339. The van der Waals surface area contributed by atoms with Crippen LogP contribution in [0.15, 0.2) is 0 Å². The number of amides is 1. The third kappa shape index (κ3) is 11.4. The molecule has 0 aromatic heterocycles. The number of Topliss-reactive ketones (excluding diaryl/α,β-unsaturated/α-hetero) is 1. The highest BCUT2D eigenvalue weighted by Crippen LogP contribution is 2.45. The van der Waals surface area contributed by atoms with Gasteiger partial charge in [0.2, 0.25) is 0 Å². The molecule has 0 spiro atoms. The van der Waals surface area contributed by atoms with E-state index in [0.29, 0.717) is 13.0 Å². The van der Waals surface area contributed by atoms with Gasteiger partial charge in [0, 0.05) is 64.1 Å². The predicted molar refractivity (Wildman–Crippen MR) is 243 cm³/mol. The van der Waals surface area contributed by atoms with Gasteiger partial charge < -0.3 is 62.8 Å². The Labute approximate surface area is 389 Å². The van der Waals surface area contributed by atoms with E-state index in [9.17, 15) is 24.6 Å². The minimum Gasteiger partial charge on any atom is -0.458 e. The van der Waals surface area contributed by atoms with Gasteiger partial charge in [-0.25, -0.2) is 15.6 Å². The van der Waals surface area contributed by atoms with Crippen molar-refractivity contribution in [2.75, 3.05) is 68.1 Å². The van der Waals surface area contributed by atoms with E-state index in [2.05, 4.69) is 23.6 Å². The number of hydrogen-bond donors (Lipinski definition) is 3. The van der Waals surface area contributed by atoms with Gasteiger partial charge in [-0.05, 0) is 95.0 Å². The fourth-order valence-electron chi connectivity index (χ4n) is 11.3. The van der Waals surface area contributed by atoms with E-state index in [4.69, 9.17) is 43.7 Å². The van der Waals surface area contributed by atoms with Gasteiger partial charge in [-0.2, -0.15) is 0 Å². The highest BCUT2D eigenvalue weighted by Gasteiger charge is 2.62. The quantitative estimate of drug-likeness (QED) is 0.122. The first-order valence-corrected chi connectivity index (χ1v) is 23.9. The first kappa shape index (κ1) is 55.5. The van der Waals surface area contributed by atoms with Gasteiger partial charge in [-0.1, -0.05) is 41.5 Å². The minimum atomic E-state index is -1.49. The van der Waals surface area contributed by atoms with Crippen molar-refractivity contribution < 1.29 is 62.5 Å². The lowest BCUT2D eigenvalue weighted by atomic mass is 9.73. The molecule has 65 heavy (non-hydrogen) atoms. The van der Waals surface area contributed by atoms with Crippen LogP contribution in [0.1, 0.15) is 109 Å². The number of aliphatic hydroxyl groups excluding tert-OH is 1. The molecule has 0 saturated carbocycles. The average molecular weight is 930 g/mol. The molecule has 0 aromatic rings. The number of cyclic esters (lactones) is 1. The van der Waals surface area contributed by atoms with Crippen LogP contribution in [0.3, 0.4) is 0 Å². The summed E-state index contributed by atoms with van der Waals surface area (Å²) < 4.78 is 51.9. The zero-order valence-corrected chi connectivity index (χ0v) is 42.7. The van der Waals surface area contributed by atoms with E-state index < -0.39 is 107 Å². The monoisotopic (exact) mass is 930 g/mol. The molecule has 1 amide bonds. The topological polar surface area (TPSA) is 204 Å². The Balaban J connectivity index is 1.85. The van der Waals surface area contributed by atoms with Crippen molar-refractivity contribution in [3.8, 4) is 0 Å². The highest BCUT2D eigenvalue weighted by atomic mass is 16.7. The molecule has 4 heterocycles. The van der Waals surface area contributed by atoms with Gasteiger partial charge in [0.15, 0.2) is 18.2 Å². The Hall–Kier alpha value is -2.07. The van der Waals surface area contributed by atoms with Crippen LogP contribution in [0.2, 0.25) is 0 Å². The first-order chi connectivity index (χ1) is 30.2. The molecule has 4 N–H and O–H groups in total. The van der Waals surface area contributed by atoms with Crippen molar-refractivity contribution in [1.82, 2.24) is 19.7 Å². The SMILES string of the molecule is CC[C@H]1OC(=O)[C@H](C)[C@@H](O[C@H]2C[C@@](C)(OC)[C@@](O)(CN(C)CCN(CC)CC)[C@H](C)O2)[C@H](C)[C@@H](O[C@@H]2O[C@H](C)C[C@H](N(C)C)[C@H]2O)[C@@](C)(OC)C[C@@H](C)C(=O)[C@@H](C)[C@H]2N(N)C(=O)O[C@]12C. The average Bonchev–Trinajstić information content (AvgIpc) is 3.49. The smallest absolute Gasteiger partial charge is 0.425 e. The van der Waals surface area contributed by atoms with Crippen molar-refractivity contribution in [2.45, 2.75) is 192 Å². The second kappa shape index (κ2) is 22.1. The molecule has 18 heteroatoms. The first-order valence-electron chi connectivity index (χ1n) is 23.9. The number of rotatable bonds is 15. The summed E-state index contributed by atoms with van der Waals surface area (Å²) in [5.74, 6) is 2.21. The Morgan fingerprint density at radius 2 is 1.51 bits per heavy atom. The van der Waals surface area contributed by atoms with Crippen LogP contribution in [-0.4, -0.2) is 200 Å². The molecule has 378 valence electrons. The molecule has 4 saturated heterocycles. The Bertz CT molecular complexity index is 1590. The Kier molecular flexibility index (Phi) is 18.9. The standard InChI is InChI=1S/C47H87N5O13/c1-18-34-46(12)39(52(48)43(56)65-46)29(6)36(53)27(4)24-44(10,58-16)40(64-42-37(54)33(49(13)14)23-28(5)60-42)30(7)38(31(8)41(55)62-34)63-35-25-45(11,59-17)47(57,32(9)61-35)26-50(15)21-22-51(19-2)20-3/h27-35,37-40,42,54,57H,18-26,48H2,1-17H3/t27-,28-,29-,30+,31-,32+,33+,34-,35+,37-,38+,39-,40-,42+,44+,45-,46-,47-/m1/s1. The van der Waals surface area contributed by atoms with Gasteiger partial charge in [-0.15, -0.1) is 0 Å². The number of aliphatic hydroxyl groups is 2. The number of nitrogens with zero attached hydrogens (tertiary/aromatic N) is 4. The Morgan fingerprint density at radius 3 is 2.06 bits per heavy atom. The minimum absolute atomic E-state index is 0.0851. The highest BCUT2D eigenvalue weighted by molar-refractivity contribution is 5.85. The maximum Gasteiger partial charge on any atom is 0.425 e. The predicted octanol–water partition coefficient (Wildman–Crippen LogP) is 3.42. The van der Waals surface area contributed by atoms with Gasteiger partial charge in [0.05, 0.1) is 35.9 Å². The van der Waals surface area contributed by atoms with Crippen molar-refractivity contribution in [2.24, 2.45) is 29.5 Å². The number of nitrogens with two attached hydrogens (primary N) is 1. The second-order valence-corrected chi connectivity index (χ2v) is 20.5. The second-order valence-electron chi connectivity index (χ2n) is 20.5. The lowest BCUT2D eigenvalue weighted by Crippen LogP contribution is -2.70. The number of esters is 1. The molecule has 18 nitrogen and oxygen atoms in total. The molecule has 0 bridgehead atoms. The van der Waals surface area contributed by atoms with Crippen LogP contribution >= 0.6 is 0 Å². The number of fused-ring (bicyclic) bond motifs is 1. The van der Waals surface area contributed by atoms with Crippen LogP contribution in [0, 0.1) is 23.7 Å². The largest absolute Gasteiger partial charge is 0.458 e. The molecular formula is C47H87N5O13. The number of carbonyl (C=O) groups is 3. The van der Waals surface area contributed by atoms with Gasteiger partial charge >= 0.3 is 12.1 Å². The number of hydrazine groups is 1. The van der Waals surface area contributed by atoms with Crippen molar-refractivity contribution >= 4 is 17.8 Å². The number of ether oxygens (including phenoxy) is 8. The van der Waals surface area contributed by atoms with Crippen LogP contribution in [0.25, 0.3) is 0 Å². The third-order valence-corrected chi connectivity index (χ3v) is 15.7. The Morgan fingerprint density at radius 1 is 0.877 bits per heavy atom. The van der Waals surface area contributed by atoms with Crippen LogP contribution in [-0.2, 0) is 47.5 Å². The van der Waals surface area contributed by atoms with Crippen molar-refractivity contribution in [1.29, 1.82) is 0 Å². The van der Waals surface area contributed by atoms with E-state index in [-0.39, 0.29) is 43.7 Å². The molecule has 0 aliphatic carbocycles. The number of methoxy groups -OCH3 is 2. The van der Waals surface area contributed by atoms with Crippen LogP contribution in [0.4, 0.5) is 4.79 Å². The maximum atomic E-state index is 14.8. The molecule has 4 aliphatic heterocycles. The summed E-state index contributed by atoms with van der Waals surface area (Å²) in [6.07, 6.45) is -7.17. The molecule has 18 atom stereocenters. The number of carbonyl (C=O) groups excluding carboxylic acids is 3. The summed E-state index contributed by atoms with van der Waals surface area (Å²) >= 11 is 0. The van der Waals surface area contributed by atoms with Gasteiger partial charge in [0.25, 0.3) is 0 Å². The van der Waals surface area contributed by atoms with E-state index in [0.717, 1.165) is 24.6 Å². The van der Waals surface area contributed by atoms with Crippen molar-refractivity contribution in [3.05, 3.63) is 0 Å². The summed E-state index contributed by atoms with van der Waals surface area (Å²) in [4.78, 5) is 49.0. The summed E-state index contributed by atoms with van der Waals surface area (Å²) in [6, 6.07) is -1.29. The number of hydrogen-bond acceptors (Lipinski definition) is 17. The fourth-order valence-corrected chi connectivity index (χ4v) is 11.3.